The molecule has 0 aliphatic heterocycles. The van der Waals surface area contributed by atoms with Crippen molar-refractivity contribution in [2.75, 3.05) is 0 Å². The van der Waals surface area contributed by atoms with Crippen LogP contribution in [0.4, 0.5) is 0 Å². The molecule has 2 aromatic heterocycles. The second kappa shape index (κ2) is 3.97. The third-order valence-corrected chi connectivity index (χ3v) is 2.22. The summed E-state index contributed by atoms with van der Waals surface area (Å²) in [5.74, 6) is 0.482. The Morgan fingerprint density at radius 1 is 1.38 bits per heavy atom. The van der Waals surface area contributed by atoms with E-state index in [2.05, 4.69) is 15.1 Å². The molecular weight excluding hydrogens is 222 g/mol. The van der Waals surface area contributed by atoms with E-state index in [4.69, 9.17) is 18.0 Å². The van der Waals surface area contributed by atoms with Crippen LogP contribution in [0.5, 0.6) is 0 Å². The zero-order chi connectivity index (χ0) is 11.7. The molecule has 0 amide bonds. The molecule has 2 heterocycles. The van der Waals surface area contributed by atoms with Crippen molar-refractivity contribution >= 4 is 17.2 Å². The summed E-state index contributed by atoms with van der Waals surface area (Å²) in [5, 5.41) is 4.14. The van der Waals surface area contributed by atoms with Crippen molar-refractivity contribution in [2.45, 2.75) is 13.8 Å². The maximum atomic E-state index is 5.55. The number of nitrogens with two attached hydrogens (primary N) is 1. The van der Waals surface area contributed by atoms with Crippen LogP contribution in [0.1, 0.15) is 17.0 Å². The molecule has 82 valence electrons. The van der Waals surface area contributed by atoms with Gasteiger partial charge in [0.1, 0.15) is 10.7 Å². The van der Waals surface area contributed by atoms with E-state index in [9.17, 15) is 0 Å². The zero-order valence-electron chi connectivity index (χ0n) is 9.01. The summed E-state index contributed by atoms with van der Waals surface area (Å²) in [5.41, 5.74) is 7.96. The molecule has 6 heteroatoms. The van der Waals surface area contributed by atoms with Crippen molar-refractivity contribution in [1.82, 2.24) is 19.7 Å². The summed E-state index contributed by atoms with van der Waals surface area (Å²) in [7, 11) is 0. The Bertz CT molecular complexity index is 546. The molecule has 0 aliphatic carbocycles. The van der Waals surface area contributed by atoms with Crippen molar-refractivity contribution < 1.29 is 0 Å². The highest BCUT2D eigenvalue weighted by Crippen LogP contribution is 2.06. The summed E-state index contributed by atoms with van der Waals surface area (Å²) < 4.78 is 1.60. The summed E-state index contributed by atoms with van der Waals surface area (Å²) in [6.07, 6.45) is 3.59. The van der Waals surface area contributed by atoms with Crippen LogP contribution >= 0.6 is 12.2 Å². The van der Waals surface area contributed by atoms with Gasteiger partial charge in [-0.2, -0.15) is 5.10 Å². The number of hydrogen-bond acceptors (Lipinski definition) is 4. The van der Waals surface area contributed by atoms with Crippen molar-refractivity contribution in [3.8, 4) is 5.95 Å². The lowest BCUT2D eigenvalue weighted by Gasteiger charge is -2.04. The summed E-state index contributed by atoms with van der Waals surface area (Å²) in [6, 6.07) is 1.75. The lowest BCUT2D eigenvalue weighted by atomic mass is 10.3. The number of hydrogen-bond donors (Lipinski definition) is 1. The second-order valence-electron chi connectivity index (χ2n) is 3.52. The van der Waals surface area contributed by atoms with Gasteiger partial charge in [0.25, 0.3) is 5.95 Å². The quantitative estimate of drug-likeness (QED) is 0.781. The van der Waals surface area contributed by atoms with Crippen LogP contribution in [-0.2, 0) is 0 Å². The number of thiocarbonyl (C=S) groups is 1. The van der Waals surface area contributed by atoms with Gasteiger partial charge >= 0.3 is 0 Å². The zero-order valence-corrected chi connectivity index (χ0v) is 9.82. The SMILES string of the molecule is Cc1cnn(-c2nc(C)cc(C(N)=S)n2)c1. The molecule has 0 atom stereocenters. The predicted octanol–water partition coefficient (Wildman–Crippen LogP) is 0.913. The minimum absolute atomic E-state index is 0.260. The molecule has 0 fully saturated rings. The fraction of sp³-hybridized carbons (Fsp3) is 0.200. The van der Waals surface area contributed by atoms with Gasteiger partial charge in [0.05, 0.1) is 6.20 Å². The molecule has 0 saturated heterocycles. The van der Waals surface area contributed by atoms with E-state index in [-0.39, 0.29) is 4.99 Å². The van der Waals surface area contributed by atoms with Gasteiger partial charge in [0.2, 0.25) is 0 Å². The monoisotopic (exact) mass is 233 g/mol. The average Bonchev–Trinajstić information content (AvgIpc) is 2.64. The maximum Gasteiger partial charge on any atom is 0.251 e. The van der Waals surface area contributed by atoms with Gasteiger partial charge in [-0.25, -0.2) is 14.6 Å². The topological polar surface area (TPSA) is 69.6 Å². The summed E-state index contributed by atoms with van der Waals surface area (Å²) in [4.78, 5) is 8.77. The molecule has 5 nitrogen and oxygen atoms in total. The van der Waals surface area contributed by atoms with Crippen LogP contribution in [0.25, 0.3) is 5.95 Å². The first-order valence-corrected chi connectivity index (χ1v) is 5.14. The highest BCUT2D eigenvalue weighted by atomic mass is 32.1. The molecule has 0 unspecified atom stereocenters. The molecule has 2 rings (SSSR count). The lowest BCUT2D eigenvalue weighted by Crippen LogP contribution is -2.15. The molecule has 2 aromatic rings. The minimum Gasteiger partial charge on any atom is -0.388 e. The Kier molecular flexibility index (Phi) is 2.66. The van der Waals surface area contributed by atoms with Gasteiger partial charge in [-0.15, -0.1) is 0 Å². The molecule has 0 saturated carbocycles. The molecule has 0 radical (unpaired) electrons. The van der Waals surface area contributed by atoms with E-state index in [1.165, 1.54) is 0 Å². The first-order chi connectivity index (χ1) is 7.56. The molecule has 0 aromatic carbocycles. The van der Waals surface area contributed by atoms with Crippen LogP contribution in [0.2, 0.25) is 0 Å². The minimum atomic E-state index is 0.260. The van der Waals surface area contributed by atoms with E-state index < -0.39 is 0 Å². The largest absolute Gasteiger partial charge is 0.388 e. The number of aromatic nitrogens is 4. The fourth-order valence-corrected chi connectivity index (χ4v) is 1.41. The number of aryl methyl sites for hydroxylation is 2. The molecule has 2 N–H and O–H groups in total. The average molecular weight is 233 g/mol. The van der Waals surface area contributed by atoms with E-state index >= 15 is 0 Å². The maximum absolute atomic E-state index is 5.55. The smallest absolute Gasteiger partial charge is 0.251 e. The first-order valence-electron chi connectivity index (χ1n) is 4.73. The van der Waals surface area contributed by atoms with Crippen LogP contribution in [-0.4, -0.2) is 24.7 Å². The van der Waals surface area contributed by atoms with Crippen molar-refractivity contribution in [3.05, 3.63) is 35.4 Å². The number of nitrogens with zero attached hydrogens (tertiary/aromatic N) is 4. The highest BCUT2D eigenvalue weighted by Gasteiger charge is 2.06. The van der Waals surface area contributed by atoms with Gasteiger partial charge in [-0.1, -0.05) is 12.2 Å². The molecular formula is C10H11N5S. The van der Waals surface area contributed by atoms with E-state index in [0.717, 1.165) is 11.3 Å². The van der Waals surface area contributed by atoms with E-state index in [0.29, 0.717) is 11.6 Å². The Morgan fingerprint density at radius 2 is 2.12 bits per heavy atom. The van der Waals surface area contributed by atoms with E-state index in [1.807, 2.05) is 20.0 Å². The van der Waals surface area contributed by atoms with Crippen molar-refractivity contribution in [1.29, 1.82) is 0 Å². The Labute approximate surface area is 98.3 Å². The normalized spacial score (nSPS) is 10.4. The molecule has 0 bridgehead atoms. The highest BCUT2D eigenvalue weighted by molar-refractivity contribution is 7.80. The fourth-order valence-electron chi connectivity index (χ4n) is 1.30. The third-order valence-electron chi connectivity index (χ3n) is 2.01. The third kappa shape index (κ3) is 2.06. The van der Waals surface area contributed by atoms with Gasteiger partial charge in [-0.3, -0.25) is 0 Å². The molecule has 0 aliphatic rings. The van der Waals surface area contributed by atoms with Crippen LogP contribution in [0, 0.1) is 13.8 Å². The van der Waals surface area contributed by atoms with Crippen LogP contribution in [0.3, 0.4) is 0 Å². The predicted molar refractivity (Wildman–Crippen MR) is 64.5 cm³/mol. The van der Waals surface area contributed by atoms with Crippen LogP contribution in [0.15, 0.2) is 18.5 Å². The van der Waals surface area contributed by atoms with E-state index in [1.54, 1.807) is 16.9 Å². The number of rotatable bonds is 2. The van der Waals surface area contributed by atoms with Crippen molar-refractivity contribution in [2.24, 2.45) is 5.73 Å². The van der Waals surface area contributed by atoms with Gasteiger partial charge in [0, 0.05) is 11.9 Å². The Hall–Kier alpha value is -1.82. The lowest BCUT2D eigenvalue weighted by molar-refractivity contribution is 0.799. The summed E-state index contributed by atoms with van der Waals surface area (Å²) in [6.45, 7) is 3.82. The van der Waals surface area contributed by atoms with Gasteiger partial charge < -0.3 is 5.73 Å². The van der Waals surface area contributed by atoms with Gasteiger partial charge in [0.15, 0.2) is 0 Å². The molecule has 16 heavy (non-hydrogen) atoms. The Morgan fingerprint density at radius 3 is 2.69 bits per heavy atom. The van der Waals surface area contributed by atoms with Crippen molar-refractivity contribution in [3.63, 3.8) is 0 Å². The Balaban J connectivity index is 2.53. The van der Waals surface area contributed by atoms with Gasteiger partial charge in [-0.05, 0) is 25.5 Å². The standard InChI is InChI=1S/C10H11N5S/c1-6-4-12-15(5-6)10-13-7(2)3-8(14-10)9(11)16/h3-5H,1-2H3,(H2,11,16). The second-order valence-corrected chi connectivity index (χ2v) is 3.96. The van der Waals surface area contributed by atoms with Crippen LogP contribution < -0.4 is 5.73 Å². The molecule has 0 spiro atoms. The summed E-state index contributed by atoms with van der Waals surface area (Å²) >= 11 is 4.89. The first kappa shape index (κ1) is 10.7.